The first kappa shape index (κ1) is 42.5. The Labute approximate surface area is 355 Å². The van der Waals surface area contributed by atoms with Crippen molar-refractivity contribution in [2.45, 2.75) is 78.0 Å². The zero-order valence-corrected chi connectivity index (χ0v) is 35.3. The molecule has 14 nitrogen and oxygen atoms in total. The lowest BCUT2D eigenvalue weighted by Gasteiger charge is -2.63. The number of halogens is 1. The summed E-state index contributed by atoms with van der Waals surface area (Å²) in [5, 5.41) is 23.2. The Morgan fingerprint density at radius 3 is 2.37 bits per heavy atom. The molecule has 3 N–H and O–H groups in total. The molecule has 316 valence electrons. The Kier molecular flexibility index (Phi) is 12.4. The zero-order chi connectivity index (χ0) is 42.8. The molecule has 60 heavy (non-hydrogen) atoms. The van der Waals surface area contributed by atoms with Crippen LogP contribution in [0, 0.1) is 28.1 Å². The van der Waals surface area contributed by atoms with E-state index in [4.69, 9.17) is 31.2 Å². The number of imide groups is 1. The molecule has 1 saturated carbocycles. The van der Waals surface area contributed by atoms with Crippen LogP contribution in [0.15, 0.2) is 67.0 Å². The second kappa shape index (κ2) is 17.5. The van der Waals surface area contributed by atoms with E-state index in [2.05, 4.69) is 77.1 Å². The third-order valence-corrected chi connectivity index (χ3v) is 13.2. The topological polar surface area (TPSA) is 173 Å². The van der Waals surface area contributed by atoms with Crippen LogP contribution < -0.4 is 25.2 Å². The van der Waals surface area contributed by atoms with E-state index < -0.39 is 0 Å². The van der Waals surface area contributed by atoms with Crippen molar-refractivity contribution in [1.82, 2.24) is 25.1 Å². The van der Waals surface area contributed by atoms with Crippen LogP contribution in [-0.2, 0) is 9.59 Å². The predicted octanol–water partition coefficient (Wildman–Crippen LogP) is 6.87. The molecule has 0 radical (unpaired) electrons. The Morgan fingerprint density at radius 2 is 1.73 bits per heavy atom. The van der Waals surface area contributed by atoms with Gasteiger partial charge in [0.2, 0.25) is 5.91 Å². The number of pyridine rings is 1. The van der Waals surface area contributed by atoms with Crippen molar-refractivity contribution in [2.75, 3.05) is 49.1 Å². The van der Waals surface area contributed by atoms with Crippen molar-refractivity contribution in [3.05, 3.63) is 83.1 Å². The summed E-state index contributed by atoms with van der Waals surface area (Å²) in [7, 11) is 0. The first-order valence-corrected chi connectivity index (χ1v) is 21.0. The van der Waals surface area contributed by atoms with Crippen LogP contribution in [0.25, 0.3) is 10.9 Å². The quantitative estimate of drug-likeness (QED) is 0.151. The second-order valence-corrected chi connectivity index (χ2v) is 17.9. The SMILES string of the molecule is CC1(C)C(NC(=O)c2ccc(N3CCC(CN4CCC(n5ccc6c(N7CCC(=O)NC7=O)cccc65)CC4)CC3)nc2)C(C)(C)C1Oc1ccc(C#N)c(Cl)c1.O=CO. The maximum Gasteiger partial charge on any atom is 0.328 e. The van der Waals surface area contributed by atoms with Crippen LogP contribution in [0.1, 0.15) is 81.8 Å². The number of ether oxygens (including phenoxy) is 1. The Morgan fingerprint density at radius 1 is 1.02 bits per heavy atom. The van der Waals surface area contributed by atoms with Gasteiger partial charge in [-0.1, -0.05) is 45.4 Å². The van der Waals surface area contributed by atoms with Gasteiger partial charge >= 0.3 is 6.03 Å². The molecular formula is C45H53ClN8O6. The molecule has 15 heteroatoms. The number of rotatable bonds is 9. The fourth-order valence-corrected chi connectivity index (χ4v) is 10.3. The second-order valence-electron chi connectivity index (χ2n) is 17.5. The van der Waals surface area contributed by atoms with Crippen molar-refractivity contribution in [2.24, 2.45) is 16.7 Å². The molecule has 4 aliphatic rings. The van der Waals surface area contributed by atoms with Gasteiger partial charge in [-0.15, -0.1) is 0 Å². The molecule has 1 aliphatic carbocycles. The van der Waals surface area contributed by atoms with Crippen molar-refractivity contribution in [3.8, 4) is 11.8 Å². The van der Waals surface area contributed by atoms with E-state index in [1.54, 1.807) is 29.3 Å². The zero-order valence-electron chi connectivity index (χ0n) is 34.6. The molecule has 0 bridgehead atoms. The summed E-state index contributed by atoms with van der Waals surface area (Å²) in [6.07, 6.45) is 8.34. The van der Waals surface area contributed by atoms with Crippen molar-refractivity contribution in [3.63, 3.8) is 0 Å². The molecular weight excluding hydrogens is 784 g/mol. The van der Waals surface area contributed by atoms with Gasteiger partial charge in [0.05, 0.1) is 27.4 Å². The van der Waals surface area contributed by atoms with Gasteiger partial charge in [-0.05, 0) is 74.1 Å². The van der Waals surface area contributed by atoms with Gasteiger partial charge in [-0.2, -0.15) is 5.26 Å². The van der Waals surface area contributed by atoms with E-state index in [1.165, 1.54) is 0 Å². The minimum Gasteiger partial charge on any atom is -0.489 e. The Bertz CT molecular complexity index is 2250. The lowest BCUT2D eigenvalue weighted by Crippen LogP contribution is -2.74. The smallest absolute Gasteiger partial charge is 0.328 e. The van der Waals surface area contributed by atoms with Gasteiger partial charge in [-0.3, -0.25) is 24.6 Å². The van der Waals surface area contributed by atoms with E-state index in [0.717, 1.165) is 80.8 Å². The minimum atomic E-state index is -0.353. The summed E-state index contributed by atoms with van der Waals surface area (Å²) in [5.41, 5.74) is 2.21. The first-order valence-electron chi connectivity index (χ1n) is 20.6. The van der Waals surface area contributed by atoms with Gasteiger partial charge in [-0.25, -0.2) is 9.78 Å². The summed E-state index contributed by atoms with van der Waals surface area (Å²) in [5.74, 6) is 1.77. The summed E-state index contributed by atoms with van der Waals surface area (Å²) >= 11 is 6.25. The average Bonchev–Trinajstić information content (AvgIpc) is 3.67. The van der Waals surface area contributed by atoms with Crippen LogP contribution in [-0.4, -0.2) is 95.3 Å². The highest BCUT2D eigenvalue weighted by atomic mass is 35.5. The van der Waals surface area contributed by atoms with Gasteiger partial charge in [0.25, 0.3) is 12.4 Å². The third-order valence-electron chi connectivity index (χ3n) is 12.9. The van der Waals surface area contributed by atoms with Crippen molar-refractivity contribution < 1.29 is 29.0 Å². The number of likely N-dealkylation sites (tertiary alicyclic amines) is 1. The van der Waals surface area contributed by atoms with E-state index in [9.17, 15) is 19.6 Å². The number of carbonyl (C=O) groups is 4. The molecule has 0 atom stereocenters. The largest absolute Gasteiger partial charge is 0.489 e. The number of aromatic nitrogens is 2. The Hall–Kier alpha value is -5.65. The number of carbonyl (C=O) groups excluding carboxylic acids is 3. The van der Waals surface area contributed by atoms with Crippen molar-refractivity contribution in [1.29, 1.82) is 5.26 Å². The van der Waals surface area contributed by atoms with Gasteiger partial charge in [0.15, 0.2) is 0 Å². The highest BCUT2D eigenvalue weighted by Gasteiger charge is 2.64. The molecule has 2 aromatic carbocycles. The molecule has 8 rings (SSSR count). The molecule has 3 aliphatic heterocycles. The number of nitriles is 1. The van der Waals surface area contributed by atoms with E-state index in [-0.39, 0.29) is 47.3 Å². The van der Waals surface area contributed by atoms with E-state index >= 15 is 0 Å². The van der Waals surface area contributed by atoms with Crippen LogP contribution in [0.5, 0.6) is 5.75 Å². The molecule has 4 fully saturated rings. The van der Waals surface area contributed by atoms with E-state index in [0.29, 0.717) is 46.8 Å². The number of hydrogen-bond acceptors (Lipinski definition) is 9. The number of benzene rings is 2. The number of amides is 4. The predicted molar refractivity (Wildman–Crippen MR) is 229 cm³/mol. The maximum atomic E-state index is 13.5. The number of anilines is 2. The number of hydrogen-bond donors (Lipinski definition) is 3. The molecule has 0 spiro atoms. The standard InChI is InChI=1S/C44H51ClN8O4.CH2O2/c1-43(2)40(44(3,4)41(43)57-32-10-8-29(25-46)34(45)24-32)49-39(55)30-9-11-37(47-26-30)51-20-12-28(13-21-51)27-50-18-14-31(15-19-50)52-22-16-33-35(52)6-5-7-36(33)53-23-17-38(54)48-42(53)56;2-1-3/h5-11,16,22,24,26,28,31,40-41H,12-15,17-21,23,27H2,1-4H3,(H,49,55)(H,48,54,56);1H,(H,2,3). The van der Waals surface area contributed by atoms with Gasteiger partial charge in [0.1, 0.15) is 23.7 Å². The van der Waals surface area contributed by atoms with Gasteiger partial charge in [0, 0.05) is 92.4 Å². The average molecular weight is 837 g/mol. The lowest BCUT2D eigenvalue weighted by molar-refractivity contribution is -0.164. The van der Waals surface area contributed by atoms with Crippen LogP contribution >= 0.6 is 11.6 Å². The summed E-state index contributed by atoms with van der Waals surface area (Å²) in [4.78, 5) is 57.5. The summed E-state index contributed by atoms with van der Waals surface area (Å²) < 4.78 is 8.76. The van der Waals surface area contributed by atoms with Crippen LogP contribution in [0.2, 0.25) is 5.02 Å². The first-order chi connectivity index (χ1) is 28.7. The fourth-order valence-electron chi connectivity index (χ4n) is 10.1. The fraction of sp³-hybridized carbons (Fsp3) is 0.467. The summed E-state index contributed by atoms with van der Waals surface area (Å²) in [6.45, 7) is 13.6. The highest BCUT2D eigenvalue weighted by Crippen LogP contribution is 2.55. The normalized spacial score (nSPS) is 21.9. The van der Waals surface area contributed by atoms with Crippen molar-refractivity contribution >= 4 is 58.3 Å². The number of fused-ring (bicyclic) bond motifs is 1. The maximum absolute atomic E-state index is 13.5. The summed E-state index contributed by atoms with van der Waals surface area (Å²) in [6, 6.07) is 19.1. The monoisotopic (exact) mass is 836 g/mol. The highest BCUT2D eigenvalue weighted by molar-refractivity contribution is 6.31. The van der Waals surface area contributed by atoms with E-state index in [1.807, 2.05) is 24.3 Å². The molecule has 0 unspecified atom stereocenters. The number of carboxylic acid groups (broad SMARTS) is 1. The number of nitrogens with zero attached hydrogens (tertiary/aromatic N) is 6. The molecule has 2 aromatic heterocycles. The third kappa shape index (κ3) is 8.51. The molecule has 4 amide bonds. The van der Waals surface area contributed by atoms with Crippen LogP contribution in [0.4, 0.5) is 16.3 Å². The molecule has 3 saturated heterocycles. The lowest BCUT2D eigenvalue weighted by atomic mass is 9.49. The number of piperidine rings is 2. The van der Waals surface area contributed by atoms with Crippen LogP contribution in [0.3, 0.4) is 0 Å². The minimum absolute atomic E-state index is 0.131. The Balaban J connectivity index is 0.00000176. The number of urea groups is 1. The van der Waals surface area contributed by atoms with Gasteiger partial charge < -0.3 is 29.5 Å². The molecule has 5 heterocycles. The molecule has 4 aromatic rings. The number of nitrogens with one attached hydrogen (secondary N) is 2.